The van der Waals surface area contributed by atoms with Crippen LogP contribution in [0.25, 0.3) is 0 Å². The molecular formula is C15H15BrN2. The highest BCUT2D eigenvalue weighted by Crippen LogP contribution is 2.42. The van der Waals surface area contributed by atoms with Gasteiger partial charge >= 0.3 is 0 Å². The summed E-state index contributed by atoms with van der Waals surface area (Å²) >= 11 is 3.64. The Bertz CT molecular complexity index is 568. The van der Waals surface area contributed by atoms with Crippen molar-refractivity contribution in [1.29, 1.82) is 0 Å². The van der Waals surface area contributed by atoms with Crippen LogP contribution >= 0.6 is 15.9 Å². The summed E-state index contributed by atoms with van der Waals surface area (Å²) in [4.78, 5) is 2.38. The van der Waals surface area contributed by atoms with E-state index in [4.69, 9.17) is 0 Å². The number of benzene rings is 2. The minimum absolute atomic E-state index is 0.211. The lowest BCUT2D eigenvalue weighted by molar-refractivity contribution is 0.732. The molecule has 0 aromatic heterocycles. The number of para-hydroxylation sites is 2. The zero-order valence-corrected chi connectivity index (χ0v) is 11.8. The molecule has 0 fully saturated rings. The van der Waals surface area contributed by atoms with Crippen molar-refractivity contribution in [2.75, 3.05) is 16.8 Å². The van der Waals surface area contributed by atoms with Crippen LogP contribution in [0.5, 0.6) is 0 Å². The Morgan fingerprint density at radius 1 is 1.11 bits per heavy atom. The molecule has 92 valence electrons. The van der Waals surface area contributed by atoms with E-state index in [1.165, 1.54) is 16.9 Å². The largest absolute Gasteiger partial charge is 0.360 e. The summed E-state index contributed by atoms with van der Waals surface area (Å²) in [6, 6.07) is 16.8. The van der Waals surface area contributed by atoms with Crippen molar-refractivity contribution in [2.24, 2.45) is 0 Å². The highest BCUT2D eigenvalue weighted by Gasteiger charge is 2.29. The molecule has 2 aromatic carbocycles. The molecule has 1 aliphatic heterocycles. The van der Waals surface area contributed by atoms with E-state index in [2.05, 4.69) is 75.5 Å². The predicted octanol–water partition coefficient (Wildman–Crippen LogP) is 4.40. The Balaban J connectivity index is 2.04. The van der Waals surface area contributed by atoms with Gasteiger partial charge in [-0.05, 0) is 25.1 Å². The van der Waals surface area contributed by atoms with Crippen molar-refractivity contribution in [3.8, 4) is 0 Å². The van der Waals surface area contributed by atoms with Gasteiger partial charge in [-0.2, -0.15) is 0 Å². The zero-order valence-electron chi connectivity index (χ0n) is 10.2. The van der Waals surface area contributed by atoms with E-state index in [-0.39, 0.29) is 6.17 Å². The summed E-state index contributed by atoms with van der Waals surface area (Å²) in [6.07, 6.45) is 0.211. The van der Waals surface area contributed by atoms with E-state index in [0.717, 1.165) is 11.0 Å². The molecule has 2 nitrogen and oxygen atoms in total. The standard InChI is InChI=1S/C15H15BrN2/c1-2-18-14-10-6-5-9-13(14)17-15(18)11-7-3-4-8-12(11)16/h3-10,15,17H,2H2,1H3. The second-order valence-corrected chi connectivity index (χ2v) is 5.23. The number of halogens is 1. The molecule has 2 aromatic rings. The van der Waals surface area contributed by atoms with Crippen LogP contribution in [0.3, 0.4) is 0 Å². The maximum absolute atomic E-state index is 3.64. The highest BCUT2D eigenvalue weighted by atomic mass is 79.9. The maximum atomic E-state index is 3.64. The minimum Gasteiger partial charge on any atom is -0.360 e. The van der Waals surface area contributed by atoms with E-state index in [9.17, 15) is 0 Å². The smallest absolute Gasteiger partial charge is 0.127 e. The number of fused-ring (bicyclic) bond motifs is 1. The fourth-order valence-corrected chi connectivity index (χ4v) is 3.01. The van der Waals surface area contributed by atoms with Gasteiger partial charge in [0.15, 0.2) is 0 Å². The Labute approximate surface area is 116 Å². The molecule has 0 radical (unpaired) electrons. The SMILES string of the molecule is CCN1c2ccccc2NC1c1ccccc1Br. The van der Waals surface area contributed by atoms with Gasteiger partial charge in [0.25, 0.3) is 0 Å². The lowest BCUT2D eigenvalue weighted by atomic mass is 10.1. The number of nitrogens with one attached hydrogen (secondary N) is 1. The lowest BCUT2D eigenvalue weighted by Gasteiger charge is -2.26. The van der Waals surface area contributed by atoms with Crippen LogP contribution in [0, 0.1) is 0 Å². The highest BCUT2D eigenvalue weighted by molar-refractivity contribution is 9.10. The Morgan fingerprint density at radius 3 is 2.61 bits per heavy atom. The van der Waals surface area contributed by atoms with E-state index in [1.807, 2.05) is 6.07 Å². The molecule has 0 amide bonds. The van der Waals surface area contributed by atoms with E-state index >= 15 is 0 Å². The van der Waals surface area contributed by atoms with E-state index in [1.54, 1.807) is 0 Å². The van der Waals surface area contributed by atoms with Crippen molar-refractivity contribution in [1.82, 2.24) is 0 Å². The monoisotopic (exact) mass is 302 g/mol. The van der Waals surface area contributed by atoms with E-state index < -0.39 is 0 Å². The van der Waals surface area contributed by atoms with Gasteiger partial charge in [0, 0.05) is 16.6 Å². The Hall–Kier alpha value is -1.48. The summed E-state index contributed by atoms with van der Waals surface area (Å²) in [7, 11) is 0. The van der Waals surface area contributed by atoms with Gasteiger partial charge in [-0.25, -0.2) is 0 Å². The summed E-state index contributed by atoms with van der Waals surface area (Å²) in [5.41, 5.74) is 3.76. The van der Waals surface area contributed by atoms with Gasteiger partial charge in [-0.3, -0.25) is 0 Å². The molecule has 1 unspecified atom stereocenters. The molecule has 3 rings (SSSR count). The summed E-state index contributed by atoms with van der Waals surface area (Å²) < 4.78 is 1.15. The summed E-state index contributed by atoms with van der Waals surface area (Å²) in [6.45, 7) is 3.17. The molecule has 0 saturated carbocycles. The molecule has 0 bridgehead atoms. The summed E-state index contributed by atoms with van der Waals surface area (Å²) in [5.74, 6) is 0. The first-order valence-electron chi connectivity index (χ1n) is 6.18. The fourth-order valence-electron chi connectivity index (χ4n) is 2.51. The summed E-state index contributed by atoms with van der Waals surface area (Å²) in [5, 5.41) is 3.59. The molecule has 1 heterocycles. The minimum atomic E-state index is 0.211. The van der Waals surface area contributed by atoms with Crippen LogP contribution in [-0.2, 0) is 0 Å². The zero-order chi connectivity index (χ0) is 12.5. The van der Waals surface area contributed by atoms with E-state index in [0.29, 0.717) is 0 Å². The third-order valence-corrected chi connectivity index (χ3v) is 4.08. The van der Waals surface area contributed by atoms with Gasteiger partial charge in [-0.1, -0.05) is 46.3 Å². The first-order chi connectivity index (χ1) is 8.81. The molecule has 1 N–H and O–H groups in total. The Kier molecular flexibility index (Phi) is 3.00. The number of hydrogen-bond donors (Lipinski definition) is 1. The second kappa shape index (κ2) is 4.65. The molecule has 1 aliphatic rings. The average molecular weight is 303 g/mol. The molecular weight excluding hydrogens is 288 g/mol. The number of rotatable bonds is 2. The molecule has 3 heteroatoms. The number of hydrogen-bond acceptors (Lipinski definition) is 2. The van der Waals surface area contributed by atoms with Crippen molar-refractivity contribution in [2.45, 2.75) is 13.1 Å². The quantitative estimate of drug-likeness (QED) is 0.884. The van der Waals surface area contributed by atoms with Crippen molar-refractivity contribution in [3.05, 3.63) is 58.6 Å². The predicted molar refractivity (Wildman–Crippen MR) is 80.0 cm³/mol. The molecule has 0 aliphatic carbocycles. The van der Waals surface area contributed by atoms with Crippen molar-refractivity contribution < 1.29 is 0 Å². The topological polar surface area (TPSA) is 15.3 Å². The third-order valence-electron chi connectivity index (χ3n) is 3.36. The van der Waals surface area contributed by atoms with Gasteiger partial charge < -0.3 is 10.2 Å². The van der Waals surface area contributed by atoms with Gasteiger partial charge in [0.2, 0.25) is 0 Å². The third kappa shape index (κ3) is 1.79. The van der Waals surface area contributed by atoms with Gasteiger partial charge in [-0.15, -0.1) is 0 Å². The van der Waals surface area contributed by atoms with Crippen LogP contribution in [-0.4, -0.2) is 6.54 Å². The normalized spacial score (nSPS) is 17.4. The van der Waals surface area contributed by atoms with Gasteiger partial charge in [0.05, 0.1) is 11.4 Å². The van der Waals surface area contributed by atoms with Crippen molar-refractivity contribution >= 4 is 27.3 Å². The molecule has 18 heavy (non-hydrogen) atoms. The van der Waals surface area contributed by atoms with Gasteiger partial charge in [0.1, 0.15) is 6.17 Å². The second-order valence-electron chi connectivity index (χ2n) is 4.37. The Morgan fingerprint density at radius 2 is 1.83 bits per heavy atom. The first-order valence-corrected chi connectivity index (χ1v) is 6.97. The van der Waals surface area contributed by atoms with Crippen LogP contribution in [0.4, 0.5) is 11.4 Å². The van der Waals surface area contributed by atoms with Crippen LogP contribution in [0.2, 0.25) is 0 Å². The van der Waals surface area contributed by atoms with Crippen LogP contribution in [0.15, 0.2) is 53.0 Å². The maximum Gasteiger partial charge on any atom is 0.127 e. The lowest BCUT2D eigenvalue weighted by Crippen LogP contribution is -2.27. The average Bonchev–Trinajstić information content (AvgIpc) is 2.77. The first kappa shape index (κ1) is 11.6. The molecule has 0 saturated heterocycles. The van der Waals surface area contributed by atoms with Crippen LogP contribution < -0.4 is 10.2 Å². The molecule has 1 atom stereocenters. The van der Waals surface area contributed by atoms with Crippen molar-refractivity contribution in [3.63, 3.8) is 0 Å². The number of nitrogens with zero attached hydrogens (tertiary/aromatic N) is 1. The van der Waals surface area contributed by atoms with Crippen LogP contribution in [0.1, 0.15) is 18.7 Å². The molecule has 0 spiro atoms. The fraction of sp³-hybridized carbons (Fsp3) is 0.200. The number of anilines is 2.